The van der Waals surface area contributed by atoms with E-state index in [4.69, 9.17) is 4.74 Å². The summed E-state index contributed by atoms with van der Waals surface area (Å²) in [5.41, 5.74) is 2.64. The van der Waals surface area contributed by atoms with E-state index < -0.39 is 0 Å². The number of halogens is 1. The summed E-state index contributed by atoms with van der Waals surface area (Å²) in [4.78, 5) is 8.60. The van der Waals surface area contributed by atoms with Crippen molar-refractivity contribution in [3.8, 4) is 0 Å². The summed E-state index contributed by atoms with van der Waals surface area (Å²) in [7, 11) is 0. The summed E-state index contributed by atoms with van der Waals surface area (Å²) in [6.07, 6.45) is 1.00. The smallest absolute Gasteiger partial charge is 0.159 e. The van der Waals surface area contributed by atoms with Crippen molar-refractivity contribution in [2.45, 2.75) is 25.0 Å². The lowest BCUT2D eigenvalue weighted by Gasteiger charge is -2.44. The Morgan fingerprint density at radius 3 is 3.00 bits per heavy atom. The monoisotopic (exact) mass is 350 g/mol. The number of benzene rings is 1. The number of hydrogen-bond acceptors (Lipinski definition) is 4. The normalized spacial score (nSPS) is 25.4. The number of aromatic nitrogens is 1. The van der Waals surface area contributed by atoms with Crippen LogP contribution in [0.5, 0.6) is 0 Å². The van der Waals surface area contributed by atoms with Gasteiger partial charge in [0.2, 0.25) is 0 Å². The maximum atomic E-state index is 5.79. The molecule has 1 saturated heterocycles. The lowest BCUT2D eigenvalue weighted by atomic mass is 9.96. The van der Waals surface area contributed by atoms with Gasteiger partial charge in [0.25, 0.3) is 0 Å². The van der Waals surface area contributed by atoms with Crippen molar-refractivity contribution in [3.63, 3.8) is 0 Å². The second-order valence-corrected chi connectivity index (χ2v) is 7.65. The molecule has 3 heterocycles. The number of nitrogens with zero attached hydrogens (tertiary/aromatic N) is 2. The Balaban J connectivity index is 1.67. The average molecular weight is 351 g/mol. The largest absolute Gasteiger partial charge is 0.378 e. The van der Waals surface area contributed by atoms with Crippen LogP contribution in [0.1, 0.15) is 22.2 Å². The highest BCUT2D eigenvalue weighted by molar-refractivity contribution is 9.11. The molecule has 0 spiro atoms. The number of thiazole rings is 1. The van der Waals surface area contributed by atoms with Crippen LogP contribution < -0.4 is 0 Å². The molecular weight excluding hydrogens is 336 g/mol. The Morgan fingerprint density at radius 2 is 2.15 bits per heavy atom. The molecule has 1 aromatic carbocycles. The maximum Gasteiger partial charge on any atom is 0.159 e. The van der Waals surface area contributed by atoms with Crippen LogP contribution in [0.4, 0.5) is 0 Å². The molecule has 2 aliphatic rings. The number of ether oxygens (including phenoxy) is 1. The molecule has 0 N–H and O–H groups in total. The van der Waals surface area contributed by atoms with Crippen LogP contribution in [-0.2, 0) is 17.7 Å². The topological polar surface area (TPSA) is 25.4 Å². The van der Waals surface area contributed by atoms with Crippen molar-refractivity contribution in [2.75, 3.05) is 13.2 Å². The first-order chi connectivity index (χ1) is 9.81. The van der Waals surface area contributed by atoms with E-state index in [0.717, 1.165) is 30.1 Å². The van der Waals surface area contributed by atoms with E-state index in [1.807, 2.05) is 0 Å². The van der Waals surface area contributed by atoms with Gasteiger partial charge in [0, 0.05) is 23.9 Å². The minimum Gasteiger partial charge on any atom is -0.378 e. The first-order valence-electron chi connectivity index (χ1n) is 6.84. The van der Waals surface area contributed by atoms with Gasteiger partial charge in [-0.25, -0.2) is 4.98 Å². The first kappa shape index (κ1) is 13.0. The van der Waals surface area contributed by atoms with E-state index in [9.17, 15) is 0 Å². The first-order valence-corrected chi connectivity index (χ1v) is 8.45. The van der Waals surface area contributed by atoms with E-state index >= 15 is 0 Å². The standard InChI is InChI=1S/C15H15BrN2OS/c16-15-17-12-6-11-8-19-9-13(14(12)20-15)18(11)7-10-4-2-1-3-5-10/h1-5,11,13H,6-9H2. The predicted octanol–water partition coefficient (Wildman–Crippen LogP) is 3.40. The highest BCUT2D eigenvalue weighted by Gasteiger charge is 2.40. The molecule has 0 saturated carbocycles. The Labute approximate surface area is 130 Å². The summed E-state index contributed by atoms with van der Waals surface area (Å²) in [6.45, 7) is 2.59. The molecule has 0 amide bonds. The number of fused-ring (bicyclic) bond motifs is 4. The van der Waals surface area contributed by atoms with E-state index in [2.05, 4.69) is 56.1 Å². The lowest BCUT2D eigenvalue weighted by Crippen LogP contribution is -2.50. The minimum absolute atomic E-state index is 0.363. The van der Waals surface area contributed by atoms with E-state index in [-0.39, 0.29) is 0 Å². The molecule has 0 radical (unpaired) electrons. The van der Waals surface area contributed by atoms with E-state index in [1.165, 1.54) is 16.1 Å². The van der Waals surface area contributed by atoms with Gasteiger partial charge < -0.3 is 4.74 Å². The second-order valence-electron chi connectivity index (χ2n) is 5.35. The van der Waals surface area contributed by atoms with Gasteiger partial charge in [-0.05, 0) is 21.5 Å². The lowest BCUT2D eigenvalue weighted by molar-refractivity contribution is -0.0619. The summed E-state index contributed by atoms with van der Waals surface area (Å²) in [5.74, 6) is 0. The van der Waals surface area contributed by atoms with Crippen LogP contribution in [0.2, 0.25) is 0 Å². The quantitative estimate of drug-likeness (QED) is 0.829. The molecule has 2 atom stereocenters. The molecule has 104 valence electrons. The van der Waals surface area contributed by atoms with Gasteiger partial charge in [-0.1, -0.05) is 30.3 Å². The Hall–Kier alpha value is -0.750. The van der Waals surface area contributed by atoms with E-state index in [1.54, 1.807) is 11.3 Å². The highest BCUT2D eigenvalue weighted by Crippen LogP contribution is 2.41. The Bertz CT molecular complexity index is 616. The van der Waals surface area contributed by atoms with Gasteiger partial charge in [0.15, 0.2) is 3.92 Å². The fourth-order valence-corrected chi connectivity index (χ4v) is 4.82. The third-order valence-electron chi connectivity index (χ3n) is 4.10. The van der Waals surface area contributed by atoms with Crippen LogP contribution >= 0.6 is 27.3 Å². The summed E-state index contributed by atoms with van der Waals surface area (Å²) < 4.78 is 6.79. The van der Waals surface area contributed by atoms with Crippen molar-refractivity contribution in [1.29, 1.82) is 0 Å². The average Bonchev–Trinajstić information content (AvgIpc) is 2.81. The second kappa shape index (κ2) is 5.22. The van der Waals surface area contributed by atoms with Crippen molar-refractivity contribution >= 4 is 27.3 Å². The fourth-order valence-electron chi connectivity index (χ4n) is 3.16. The molecule has 1 fully saturated rings. The molecule has 2 unspecified atom stereocenters. The van der Waals surface area contributed by atoms with Gasteiger partial charge >= 0.3 is 0 Å². The van der Waals surface area contributed by atoms with Gasteiger partial charge in [0.05, 0.1) is 24.9 Å². The summed E-state index contributed by atoms with van der Waals surface area (Å²) >= 11 is 5.28. The SMILES string of the molecule is Brc1nc2c(s1)C1COCC(C2)N1Cc1ccccc1. The Kier molecular flexibility index (Phi) is 3.38. The Morgan fingerprint density at radius 1 is 1.30 bits per heavy atom. The molecule has 20 heavy (non-hydrogen) atoms. The van der Waals surface area contributed by atoms with Gasteiger partial charge in [0.1, 0.15) is 0 Å². The highest BCUT2D eigenvalue weighted by atomic mass is 79.9. The van der Waals surface area contributed by atoms with Crippen LogP contribution in [0.15, 0.2) is 34.2 Å². The van der Waals surface area contributed by atoms with E-state index in [0.29, 0.717) is 12.1 Å². The molecule has 1 aromatic heterocycles. The minimum atomic E-state index is 0.363. The van der Waals surface area contributed by atoms with Crippen molar-refractivity contribution in [2.24, 2.45) is 0 Å². The van der Waals surface area contributed by atoms with Crippen molar-refractivity contribution in [3.05, 3.63) is 50.4 Å². The zero-order chi connectivity index (χ0) is 13.5. The summed E-state index contributed by atoms with van der Waals surface area (Å²) in [6, 6.07) is 11.5. The van der Waals surface area contributed by atoms with Gasteiger partial charge in [-0.2, -0.15) is 0 Å². The predicted molar refractivity (Wildman–Crippen MR) is 82.9 cm³/mol. The molecule has 2 aromatic rings. The zero-order valence-electron chi connectivity index (χ0n) is 11.0. The molecule has 2 aliphatic heterocycles. The van der Waals surface area contributed by atoms with Gasteiger partial charge in [-0.3, -0.25) is 4.90 Å². The molecule has 2 bridgehead atoms. The molecule has 0 aliphatic carbocycles. The molecular formula is C15H15BrN2OS. The van der Waals surface area contributed by atoms with Gasteiger partial charge in [-0.15, -0.1) is 11.3 Å². The zero-order valence-corrected chi connectivity index (χ0v) is 13.4. The molecule has 5 heteroatoms. The third-order valence-corrected chi connectivity index (χ3v) is 5.75. The van der Waals surface area contributed by atoms with Crippen molar-refractivity contribution in [1.82, 2.24) is 9.88 Å². The fraction of sp³-hybridized carbons (Fsp3) is 0.400. The van der Waals surface area contributed by atoms with Crippen LogP contribution in [0.3, 0.4) is 0 Å². The summed E-state index contributed by atoms with van der Waals surface area (Å²) in [5, 5.41) is 0. The number of rotatable bonds is 2. The van der Waals surface area contributed by atoms with Crippen LogP contribution in [0.25, 0.3) is 0 Å². The van der Waals surface area contributed by atoms with Crippen LogP contribution in [-0.4, -0.2) is 29.1 Å². The van der Waals surface area contributed by atoms with Crippen LogP contribution in [0, 0.1) is 0 Å². The molecule has 4 rings (SSSR count). The van der Waals surface area contributed by atoms with Crippen molar-refractivity contribution < 1.29 is 4.74 Å². The molecule has 3 nitrogen and oxygen atoms in total. The maximum absolute atomic E-state index is 5.79. The number of hydrogen-bond donors (Lipinski definition) is 0. The number of morpholine rings is 1. The third kappa shape index (κ3) is 2.22.